The van der Waals surface area contributed by atoms with Crippen molar-refractivity contribution < 1.29 is 9.15 Å². The molecule has 0 amide bonds. The van der Waals surface area contributed by atoms with Gasteiger partial charge in [0.15, 0.2) is 0 Å². The number of aryl methyl sites for hydroxylation is 1. The van der Waals surface area contributed by atoms with Gasteiger partial charge < -0.3 is 9.15 Å². The number of rotatable bonds is 2. The number of hydrogen-bond acceptors (Lipinski definition) is 3. The number of benzene rings is 1. The van der Waals surface area contributed by atoms with E-state index in [-0.39, 0.29) is 11.2 Å². The molecule has 0 bridgehead atoms. The monoisotopic (exact) mass is 270 g/mol. The molecule has 1 aromatic carbocycles. The van der Waals surface area contributed by atoms with Gasteiger partial charge in [-0.25, -0.2) is 4.79 Å². The molecule has 0 radical (unpaired) electrons. The summed E-state index contributed by atoms with van der Waals surface area (Å²) in [5.74, 6) is 0.789. The third-order valence-electron chi connectivity index (χ3n) is 4.18. The van der Waals surface area contributed by atoms with Gasteiger partial charge in [0.05, 0.1) is 5.56 Å². The van der Waals surface area contributed by atoms with Crippen LogP contribution in [0.15, 0.2) is 33.5 Å². The summed E-state index contributed by atoms with van der Waals surface area (Å²) in [5, 5.41) is 0.956. The molecule has 0 spiro atoms. The topological polar surface area (TPSA) is 39.4 Å². The Bertz CT molecular complexity index is 749. The second kappa shape index (κ2) is 4.51. The highest BCUT2D eigenvalue weighted by atomic mass is 16.5. The van der Waals surface area contributed by atoms with Crippen LogP contribution in [0.4, 0.5) is 0 Å². The summed E-state index contributed by atoms with van der Waals surface area (Å²) in [7, 11) is 0. The maximum Gasteiger partial charge on any atom is 0.336 e. The Balaban J connectivity index is 2.26. The molecule has 0 saturated carbocycles. The standard InChI is InChI=1S/C17H18O3/c1-4-17(5-2)9-8-13-14(20-17)7-6-12-11(3)10-15(18)19-16(12)13/h6-10H,4-5H2,1-3H3. The quantitative estimate of drug-likeness (QED) is 0.772. The second-order valence-corrected chi connectivity index (χ2v) is 5.31. The van der Waals surface area contributed by atoms with E-state index in [1.165, 1.54) is 6.07 Å². The van der Waals surface area contributed by atoms with Crippen LogP contribution in [-0.2, 0) is 0 Å². The summed E-state index contributed by atoms with van der Waals surface area (Å²) in [5.41, 5.74) is 1.84. The van der Waals surface area contributed by atoms with Crippen molar-refractivity contribution in [3.8, 4) is 5.75 Å². The molecule has 1 aromatic heterocycles. The Kier molecular flexibility index (Phi) is 2.93. The maximum absolute atomic E-state index is 11.6. The molecule has 2 heterocycles. The van der Waals surface area contributed by atoms with Gasteiger partial charge in [-0.3, -0.25) is 0 Å². The van der Waals surface area contributed by atoms with E-state index in [0.29, 0.717) is 5.58 Å². The Morgan fingerprint density at radius 1 is 1.20 bits per heavy atom. The average Bonchev–Trinajstić information content (AvgIpc) is 2.46. The van der Waals surface area contributed by atoms with Crippen molar-refractivity contribution in [1.82, 2.24) is 0 Å². The Hall–Kier alpha value is -2.03. The first-order valence-corrected chi connectivity index (χ1v) is 7.04. The summed E-state index contributed by atoms with van der Waals surface area (Å²) in [6, 6.07) is 5.44. The van der Waals surface area contributed by atoms with Gasteiger partial charge in [0.2, 0.25) is 0 Å². The van der Waals surface area contributed by atoms with Crippen LogP contribution in [0.1, 0.15) is 37.8 Å². The van der Waals surface area contributed by atoms with Gasteiger partial charge in [0.25, 0.3) is 0 Å². The van der Waals surface area contributed by atoms with Crippen LogP contribution in [0, 0.1) is 6.92 Å². The minimum absolute atomic E-state index is 0.245. The number of fused-ring (bicyclic) bond motifs is 3. The molecule has 3 rings (SSSR count). The summed E-state index contributed by atoms with van der Waals surface area (Å²) < 4.78 is 11.5. The minimum atomic E-state index is -0.320. The second-order valence-electron chi connectivity index (χ2n) is 5.31. The lowest BCUT2D eigenvalue weighted by atomic mass is 9.92. The number of ether oxygens (including phenoxy) is 1. The van der Waals surface area contributed by atoms with Crippen LogP contribution in [0.3, 0.4) is 0 Å². The molecular weight excluding hydrogens is 252 g/mol. The zero-order chi connectivity index (χ0) is 14.3. The molecule has 3 nitrogen and oxygen atoms in total. The fraction of sp³-hybridized carbons (Fsp3) is 0.353. The van der Waals surface area contributed by atoms with Gasteiger partial charge >= 0.3 is 5.63 Å². The third-order valence-corrected chi connectivity index (χ3v) is 4.18. The smallest absolute Gasteiger partial charge is 0.336 e. The highest BCUT2D eigenvalue weighted by Gasteiger charge is 2.30. The third kappa shape index (κ3) is 1.85. The average molecular weight is 270 g/mol. The summed E-state index contributed by atoms with van der Waals surface area (Å²) in [4.78, 5) is 11.6. The van der Waals surface area contributed by atoms with Crippen molar-refractivity contribution in [2.75, 3.05) is 0 Å². The van der Waals surface area contributed by atoms with Gasteiger partial charge in [0.1, 0.15) is 16.9 Å². The molecule has 1 aliphatic heterocycles. The van der Waals surface area contributed by atoms with Gasteiger partial charge in [-0.15, -0.1) is 0 Å². The van der Waals surface area contributed by atoms with Crippen molar-refractivity contribution in [3.05, 3.63) is 45.8 Å². The fourth-order valence-corrected chi connectivity index (χ4v) is 2.75. The first-order chi connectivity index (χ1) is 9.58. The molecule has 0 N–H and O–H groups in total. The summed E-state index contributed by atoms with van der Waals surface area (Å²) in [6.07, 6.45) is 5.93. The van der Waals surface area contributed by atoms with E-state index in [1.807, 2.05) is 25.1 Å². The van der Waals surface area contributed by atoms with E-state index in [0.717, 1.165) is 35.1 Å². The highest BCUT2D eigenvalue weighted by Crippen LogP contribution is 2.38. The van der Waals surface area contributed by atoms with Crippen molar-refractivity contribution in [3.63, 3.8) is 0 Å². The van der Waals surface area contributed by atoms with Crippen molar-refractivity contribution in [2.24, 2.45) is 0 Å². The molecule has 104 valence electrons. The van der Waals surface area contributed by atoms with E-state index >= 15 is 0 Å². The van der Waals surface area contributed by atoms with Crippen LogP contribution in [-0.4, -0.2) is 5.60 Å². The molecule has 3 heteroatoms. The predicted octanol–water partition coefficient (Wildman–Crippen LogP) is 4.07. The molecule has 0 aliphatic carbocycles. The van der Waals surface area contributed by atoms with E-state index < -0.39 is 0 Å². The van der Waals surface area contributed by atoms with Gasteiger partial charge in [-0.1, -0.05) is 13.8 Å². The lowest BCUT2D eigenvalue weighted by Crippen LogP contribution is -2.34. The fourth-order valence-electron chi connectivity index (χ4n) is 2.75. The van der Waals surface area contributed by atoms with E-state index in [4.69, 9.17) is 9.15 Å². The molecule has 0 unspecified atom stereocenters. The van der Waals surface area contributed by atoms with Crippen LogP contribution in [0.25, 0.3) is 17.0 Å². The Morgan fingerprint density at radius 2 is 1.95 bits per heavy atom. The van der Waals surface area contributed by atoms with E-state index in [9.17, 15) is 4.79 Å². The SMILES string of the molecule is CCC1(CC)C=Cc2c(ccc3c(C)cc(=O)oc23)O1. The highest BCUT2D eigenvalue weighted by molar-refractivity contribution is 5.91. The zero-order valence-electron chi connectivity index (χ0n) is 12.0. The van der Waals surface area contributed by atoms with Gasteiger partial charge in [0, 0.05) is 11.5 Å². The Labute approximate surface area is 117 Å². The van der Waals surface area contributed by atoms with Crippen LogP contribution in [0.5, 0.6) is 5.75 Å². The first-order valence-electron chi connectivity index (χ1n) is 7.04. The molecule has 0 saturated heterocycles. The Morgan fingerprint density at radius 3 is 2.65 bits per heavy atom. The predicted molar refractivity (Wildman–Crippen MR) is 80.2 cm³/mol. The molecule has 0 atom stereocenters. The first kappa shape index (κ1) is 13.0. The molecular formula is C17H18O3. The van der Waals surface area contributed by atoms with Crippen LogP contribution in [0.2, 0.25) is 0 Å². The van der Waals surface area contributed by atoms with Crippen molar-refractivity contribution in [1.29, 1.82) is 0 Å². The molecule has 2 aromatic rings. The van der Waals surface area contributed by atoms with Gasteiger partial charge in [-0.05, 0) is 49.6 Å². The normalized spacial score (nSPS) is 15.9. The molecule has 1 aliphatic rings. The molecule has 0 fully saturated rings. The van der Waals surface area contributed by atoms with E-state index in [2.05, 4.69) is 19.9 Å². The van der Waals surface area contributed by atoms with Crippen molar-refractivity contribution >= 4 is 17.0 Å². The lowest BCUT2D eigenvalue weighted by Gasteiger charge is -2.33. The lowest BCUT2D eigenvalue weighted by molar-refractivity contribution is 0.108. The summed E-state index contributed by atoms with van der Waals surface area (Å²) >= 11 is 0. The largest absolute Gasteiger partial charge is 0.482 e. The van der Waals surface area contributed by atoms with Crippen molar-refractivity contribution in [2.45, 2.75) is 39.2 Å². The summed E-state index contributed by atoms with van der Waals surface area (Å²) in [6.45, 7) is 6.15. The van der Waals surface area contributed by atoms with Gasteiger partial charge in [-0.2, -0.15) is 0 Å². The van der Waals surface area contributed by atoms with E-state index in [1.54, 1.807) is 0 Å². The minimum Gasteiger partial charge on any atom is -0.482 e. The van der Waals surface area contributed by atoms with Crippen LogP contribution < -0.4 is 10.4 Å². The molecule has 20 heavy (non-hydrogen) atoms. The van der Waals surface area contributed by atoms with Crippen LogP contribution >= 0.6 is 0 Å². The zero-order valence-corrected chi connectivity index (χ0v) is 12.0. The number of hydrogen-bond donors (Lipinski definition) is 0. The maximum atomic E-state index is 11.6.